The number of rotatable bonds is 3. The fraction of sp³-hybridized carbons (Fsp3) is 0.692. The Morgan fingerprint density at radius 1 is 1.38 bits per heavy atom. The molecule has 0 aromatic carbocycles. The van der Waals surface area contributed by atoms with E-state index >= 15 is 0 Å². The van der Waals surface area contributed by atoms with E-state index in [2.05, 4.69) is 47.2 Å². The van der Waals surface area contributed by atoms with Gasteiger partial charge in [-0.25, -0.2) is 0 Å². The Morgan fingerprint density at radius 3 is 2.62 bits per heavy atom. The van der Waals surface area contributed by atoms with Crippen molar-refractivity contribution in [2.24, 2.45) is 5.41 Å². The maximum Gasteiger partial charge on any atom is 0.0701 e. The van der Waals surface area contributed by atoms with Crippen LogP contribution in [0.1, 0.15) is 44.4 Å². The lowest BCUT2D eigenvalue weighted by molar-refractivity contribution is 0.206. The zero-order chi connectivity index (χ0) is 11.6. The maximum atomic E-state index is 3.68. The SMILES string of the molecule is CC1(C)CCC(NCc2ccc(Br)s2)CC1. The molecule has 1 nitrogen and oxygen atoms in total. The number of hydrogen-bond donors (Lipinski definition) is 1. The molecule has 1 heterocycles. The Balaban J connectivity index is 1.75. The van der Waals surface area contributed by atoms with Gasteiger partial charge in [-0.05, 0) is 59.2 Å². The summed E-state index contributed by atoms with van der Waals surface area (Å²) in [6.07, 6.45) is 5.39. The van der Waals surface area contributed by atoms with E-state index in [0.29, 0.717) is 5.41 Å². The lowest BCUT2D eigenvalue weighted by atomic mass is 9.75. The molecule has 3 heteroatoms. The van der Waals surface area contributed by atoms with Crippen molar-refractivity contribution in [3.05, 3.63) is 20.8 Å². The van der Waals surface area contributed by atoms with Gasteiger partial charge in [0.25, 0.3) is 0 Å². The standard InChI is InChI=1S/C13H20BrNS/c1-13(2)7-5-10(6-8-13)15-9-11-3-4-12(14)16-11/h3-4,10,15H,5-9H2,1-2H3. The van der Waals surface area contributed by atoms with E-state index < -0.39 is 0 Å². The Bertz CT molecular complexity index is 335. The predicted molar refractivity (Wildman–Crippen MR) is 74.9 cm³/mol. The second kappa shape index (κ2) is 5.19. The first-order chi connectivity index (χ1) is 7.55. The molecule has 1 aromatic heterocycles. The van der Waals surface area contributed by atoms with Crippen LogP contribution in [0.3, 0.4) is 0 Å². The summed E-state index contributed by atoms with van der Waals surface area (Å²) in [5.41, 5.74) is 0.574. The summed E-state index contributed by atoms with van der Waals surface area (Å²) in [4.78, 5) is 1.43. The molecule has 1 saturated carbocycles. The van der Waals surface area contributed by atoms with Gasteiger partial charge in [-0.3, -0.25) is 0 Å². The summed E-state index contributed by atoms with van der Waals surface area (Å²) >= 11 is 5.33. The van der Waals surface area contributed by atoms with Crippen molar-refractivity contribution in [1.29, 1.82) is 0 Å². The molecular weight excluding hydrogens is 282 g/mol. The van der Waals surface area contributed by atoms with Crippen LogP contribution in [0.25, 0.3) is 0 Å². The number of halogens is 1. The summed E-state index contributed by atoms with van der Waals surface area (Å²) in [7, 11) is 0. The van der Waals surface area contributed by atoms with Crippen molar-refractivity contribution >= 4 is 27.3 Å². The minimum absolute atomic E-state index is 0.574. The molecule has 0 radical (unpaired) electrons. The highest BCUT2D eigenvalue weighted by atomic mass is 79.9. The molecule has 1 aliphatic rings. The van der Waals surface area contributed by atoms with Gasteiger partial charge < -0.3 is 5.32 Å². The van der Waals surface area contributed by atoms with Gasteiger partial charge in [0.1, 0.15) is 0 Å². The van der Waals surface area contributed by atoms with Gasteiger partial charge in [0.2, 0.25) is 0 Å². The van der Waals surface area contributed by atoms with Gasteiger partial charge >= 0.3 is 0 Å². The highest BCUT2D eigenvalue weighted by Crippen LogP contribution is 2.35. The Labute approximate surface area is 111 Å². The topological polar surface area (TPSA) is 12.0 Å². The fourth-order valence-corrected chi connectivity index (χ4v) is 3.73. The van der Waals surface area contributed by atoms with E-state index in [1.54, 1.807) is 0 Å². The zero-order valence-electron chi connectivity index (χ0n) is 10.1. The lowest BCUT2D eigenvalue weighted by Gasteiger charge is -2.34. The number of thiophene rings is 1. The van der Waals surface area contributed by atoms with Crippen LogP contribution >= 0.6 is 27.3 Å². The summed E-state index contributed by atoms with van der Waals surface area (Å²) in [5, 5.41) is 3.68. The molecule has 0 amide bonds. The smallest absolute Gasteiger partial charge is 0.0701 e. The molecule has 90 valence electrons. The van der Waals surface area contributed by atoms with Crippen LogP contribution in [0.5, 0.6) is 0 Å². The molecule has 16 heavy (non-hydrogen) atoms. The van der Waals surface area contributed by atoms with Crippen LogP contribution in [-0.4, -0.2) is 6.04 Å². The van der Waals surface area contributed by atoms with Crippen molar-refractivity contribution in [3.8, 4) is 0 Å². The first-order valence-corrected chi connectivity index (χ1v) is 7.64. The van der Waals surface area contributed by atoms with E-state index in [1.807, 2.05) is 11.3 Å². The normalized spacial score (nSPS) is 21.2. The molecular formula is C13H20BrNS. The van der Waals surface area contributed by atoms with Crippen molar-refractivity contribution < 1.29 is 0 Å². The van der Waals surface area contributed by atoms with E-state index in [9.17, 15) is 0 Å². The molecule has 2 rings (SSSR count). The van der Waals surface area contributed by atoms with Crippen LogP contribution < -0.4 is 5.32 Å². The van der Waals surface area contributed by atoms with Crippen molar-refractivity contribution in [1.82, 2.24) is 5.32 Å². The van der Waals surface area contributed by atoms with Crippen molar-refractivity contribution in [2.45, 2.75) is 52.1 Å². The average molecular weight is 302 g/mol. The van der Waals surface area contributed by atoms with Crippen LogP contribution in [0, 0.1) is 5.41 Å². The maximum absolute atomic E-state index is 3.68. The van der Waals surface area contributed by atoms with Gasteiger partial charge in [0.05, 0.1) is 3.79 Å². The van der Waals surface area contributed by atoms with Crippen LogP contribution in [0.15, 0.2) is 15.9 Å². The van der Waals surface area contributed by atoms with Gasteiger partial charge in [-0.15, -0.1) is 11.3 Å². The molecule has 0 bridgehead atoms. The minimum atomic E-state index is 0.574. The highest BCUT2D eigenvalue weighted by molar-refractivity contribution is 9.11. The van der Waals surface area contributed by atoms with E-state index in [0.717, 1.165) is 12.6 Å². The van der Waals surface area contributed by atoms with E-state index in [1.165, 1.54) is 34.3 Å². The summed E-state index contributed by atoms with van der Waals surface area (Å²) in [5.74, 6) is 0. The largest absolute Gasteiger partial charge is 0.309 e. The van der Waals surface area contributed by atoms with E-state index in [4.69, 9.17) is 0 Å². The summed E-state index contributed by atoms with van der Waals surface area (Å²) in [6, 6.07) is 5.06. The third-order valence-electron chi connectivity index (χ3n) is 3.53. The first-order valence-electron chi connectivity index (χ1n) is 6.03. The van der Waals surface area contributed by atoms with Gasteiger partial charge in [0.15, 0.2) is 0 Å². The van der Waals surface area contributed by atoms with Gasteiger partial charge in [0, 0.05) is 17.5 Å². The second-order valence-corrected chi connectivity index (χ2v) is 8.07. The minimum Gasteiger partial charge on any atom is -0.309 e. The van der Waals surface area contributed by atoms with Gasteiger partial charge in [-0.1, -0.05) is 13.8 Å². The quantitative estimate of drug-likeness (QED) is 0.862. The molecule has 0 spiro atoms. The monoisotopic (exact) mass is 301 g/mol. The summed E-state index contributed by atoms with van der Waals surface area (Å²) in [6.45, 7) is 5.81. The third kappa shape index (κ3) is 3.57. The second-order valence-electron chi connectivity index (χ2n) is 5.53. The van der Waals surface area contributed by atoms with Crippen molar-refractivity contribution in [3.63, 3.8) is 0 Å². The molecule has 0 saturated heterocycles. The molecule has 1 aromatic rings. The van der Waals surface area contributed by atoms with Gasteiger partial charge in [-0.2, -0.15) is 0 Å². The predicted octanol–water partition coefficient (Wildman–Crippen LogP) is 4.57. The first kappa shape index (κ1) is 12.6. The lowest BCUT2D eigenvalue weighted by Crippen LogP contribution is -2.34. The third-order valence-corrected chi connectivity index (χ3v) is 5.16. The molecule has 0 unspecified atom stereocenters. The molecule has 1 fully saturated rings. The Hall–Kier alpha value is 0.140. The van der Waals surface area contributed by atoms with Crippen molar-refractivity contribution in [2.75, 3.05) is 0 Å². The highest BCUT2D eigenvalue weighted by Gasteiger charge is 2.26. The fourth-order valence-electron chi connectivity index (χ4n) is 2.30. The Morgan fingerprint density at radius 2 is 2.06 bits per heavy atom. The number of hydrogen-bond acceptors (Lipinski definition) is 2. The Kier molecular flexibility index (Phi) is 4.09. The molecule has 0 aliphatic heterocycles. The average Bonchev–Trinajstić information content (AvgIpc) is 2.63. The molecule has 1 N–H and O–H groups in total. The molecule has 1 aliphatic carbocycles. The summed E-state index contributed by atoms with van der Waals surface area (Å²) < 4.78 is 1.23. The number of nitrogens with one attached hydrogen (secondary N) is 1. The van der Waals surface area contributed by atoms with Crippen LogP contribution in [-0.2, 0) is 6.54 Å². The van der Waals surface area contributed by atoms with Crippen LogP contribution in [0.4, 0.5) is 0 Å². The van der Waals surface area contributed by atoms with E-state index in [-0.39, 0.29) is 0 Å². The van der Waals surface area contributed by atoms with Crippen LogP contribution in [0.2, 0.25) is 0 Å². The zero-order valence-corrected chi connectivity index (χ0v) is 12.5. The molecule has 0 atom stereocenters.